The zero-order chi connectivity index (χ0) is 13.3. The average molecular weight is 242 g/mol. The molecule has 0 aliphatic carbocycles. The Labute approximate surface area is 105 Å². The summed E-state index contributed by atoms with van der Waals surface area (Å²) in [7, 11) is 0. The summed E-state index contributed by atoms with van der Waals surface area (Å²) in [5.74, 6) is -0.218. The zero-order valence-electron chi connectivity index (χ0n) is 10.6. The molecule has 0 saturated heterocycles. The molecule has 4 nitrogen and oxygen atoms in total. The van der Waals surface area contributed by atoms with Gasteiger partial charge in [-0.15, -0.1) is 0 Å². The highest BCUT2D eigenvalue weighted by molar-refractivity contribution is 6.10. The number of aryl methyl sites for hydroxylation is 1. The van der Waals surface area contributed by atoms with Gasteiger partial charge in [0.2, 0.25) is 5.91 Å². The number of pyridine rings is 1. The Morgan fingerprint density at radius 2 is 1.83 bits per heavy atom. The molecule has 1 aromatic carbocycles. The van der Waals surface area contributed by atoms with Crippen LogP contribution >= 0.6 is 0 Å². The first-order chi connectivity index (χ1) is 8.50. The minimum atomic E-state index is -0.133. The van der Waals surface area contributed by atoms with Crippen LogP contribution in [0.25, 0.3) is 10.8 Å². The van der Waals surface area contributed by atoms with Gasteiger partial charge >= 0.3 is 0 Å². The molecular formula is C14H14N2O2. The maximum atomic E-state index is 11.5. The number of anilines is 1. The van der Waals surface area contributed by atoms with E-state index in [9.17, 15) is 9.59 Å². The SMILES string of the molecule is CC(=O)Nc1c(C)ccc2c(C(C)=O)nccc12. The predicted octanol–water partition coefficient (Wildman–Crippen LogP) is 2.70. The molecule has 4 heteroatoms. The Kier molecular flexibility index (Phi) is 3.10. The molecule has 18 heavy (non-hydrogen) atoms. The molecule has 92 valence electrons. The number of aromatic nitrogens is 1. The van der Waals surface area contributed by atoms with Crippen molar-refractivity contribution in [3.63, 3.8) is 0 Å². The van der Waals surface area contributed by atoms with Crippen molar-refractivity contribution < 1.29 is 9.59 Å². The molecule has 0 bridgehead atoms. The second kappa shape index (κ2) is 4.56. The standard InChI is InChI=1S/C14H14N2O2/c1-8-4-5-11-12(13(8)16-10(3)18)6-7-15-14(11)9(2)17/h4-7H,1-3H3,(H,16,18). The van der Waals surface area contributed by atoms with E-state index in [0.717, 1.165) is 22.0 Å². The van der Waals surface area contributed by atoms with Gasteiger partial charge in [0.05, 0.1) is 5.69 Å². The average Bonchev–Trinajstić information content (AvgIpc) is 2.31. The monoisotopic (exact) mass is 242 g/mol. The fraction of sp³-hybridized carbons (Fsp3) is 0.214. The second-order valence-electron chi connectivity index (χ2n) is 4.25. The molecule has 0 aliphatic heterocycles. The summed E-state index contributed by atoms with van der Waals surface area (Å²) >= 11 is 0. The minimum Gasteiger partial charge on any atom is -0.326 e. The number of benzene rings is 1. The maximum absolute atomic E-state index is 11.5. The lowest BCUT2D eigenvalue weighted by Crippen LogP contribution is -2.08. The second-order valence-corrected chi connectivity index (χ2v) is 4.25. The van der Waals surface area contributed by atoms with E-state index in [0.29, 0.717) is 5.69 Å². The number of hydrogen-bond acceptors (Lipinski definition) is 3. The van der Waals surface area contributed by atoms with E-state index in [2.05, 4.69) is 10.3 Å². The van der Waals surface area contributed by atoms with Crippen molar-refractivity contribution in [1.29, 1.82) is 0 Å². The topological polar surface area (TPSA) is 59.1 Å². The van der Waals surface area contributed by atoms with Gasteiger partial charge in [0, 0.05) is 30.8 Å². The molecule has 2 rings (SSSR count). The molecule has 0 spiro atoms. The van der Waals surface area contributed by atoms with Gasteiger partial charge in [-0.25, -0.2) is 0 Å². The van der Waals surface area contributed by atoms with Crippen molar-refractivity contribution in [2.24, 2.45) is 0 Å². The zero-order valence-corrected chi connectivity index (χ0v) is 10.6. The van der Waals surface area contributed by atoms with Crippen LogP contribution in [0, 0.1) is 6.92 Å². The summed E-state index contributed by atoms with van der Waals surface area (Å²) in [6.07, 6.45) is 1.59. The number of hydrogen-bond donors (Lipinski definition) is 1. The van der Waals surface area contributed by atoms with Crippen LogP contribution < -0.4 is 5.32 Å². The third-order valence-corrected chi connectivity index (χ3v) is 2.79. The Balaban J connectivity index is 2.77. The highest BCUT2D eigenvalue weighted by atomic mass is 16.1. The number of carbonyl (C=O) groups excluding carboxylic acids is 2. The molecule has 1 N–H and O–H groups in total. The van der Waals surface area contributed by atoms with Crippen LogP contribution in [-0.2, 0) is 4.79 Å². The van der Waals surface area contributed by atoms with E-state index in [-0.39, 0.29) is 11.7 Å². The molecule has 0 radical (unpaired) electrons. The van der Waals surface area contributed by atoms with Crippen molar-refractivity contribution in [2.75, 3.05) is 5.32 Å². The van der Waals surface area contributed by atoms with Crippen LogP contribution in [0.3, 0.4) is 0 Å². The number of fused-ring (bicyclic) bond motifs is 1. The maximum Gasteiger partial charge on any atom is 0.221 e. The molecular weight excluding hydrogens is 228 g/mol. The van der Waals surface area contributed by atoms with Crippen molar-refractivity contribution in [2.45, 2.75) is 20.8 Å². The van der Waals surface area contributed by atoms with Gasteiger partial charge in [0.15, 0.2) is 5.78 Å². The fourth-order valence-electron chi connectivity index (χ4n) is 1.99. The van der Waals surface area contributed by atoms with Gasteiger partial charge in [-0.2, -0.15) is 0 Å². The molecule has 0 saturated carbocycles. The number of nitrogens with one attached hydrogen (secondary N) is 1. The van der Waals surface area contributed by atoms with Crippen LogP contribution in [0.1, 0.15) is 29.9 Å². The van der Waals surface area contributed by atoms with Gasteiger partial charge in [0.25, 0.3) is 0 Å². The molecule has 0 unspecified atom stereocenters. The van der Waals surface area contributed by atoms with Gasteiger partial charge in [-0.3, -0.25) is 14.6 Å². The molecule has 2 aromatic rings. The smallest absolute Gasteiger partial charge is 0.221 e. The minimum absolute atomic E-state index is 0.0850. The van der Waals surface area contributed by atoms with E-state index in [4.69, 9.17) is 0 Å². The quantitative estimate of drug-likeness (QED) is 0.824. The van der Waals surface area contributed by atoms with Crippen molar-refractivity contribution in [3.8, 4) is 0 Å². The lowest BCUT2D eigenvalue weighted by molar-refractivity contribution is -0.114. The van der Waals surface area contributed by atoms with E-state index < -0.39 is 0 Å². The van der Waals surface area contributed by atoms with Gasteiger partial charge < -0.3 is 5.32 Å². The number of nitrogens with zero attached hydrogens (tertiary/aromatic N) is 1. The molecule has 1 aromatic heterocycles. The van der Waals surface area contributed by atoms with Crippen LogP contribution in [-0.4, -0.2) is 16.7 Å². The van der Waals surface area contributed by atoms with Gasteiger partial charge in [-0.1, -0.05) is 12.1 Å². The fourth-order valence-corrected chi connectivity index (χ4v) is 1.99. The lowest BCUT2D eigenvalue weighted by atomic mass is 10.0. The Bertz CT molecular complexity index is 648. The predicted molar refractivity (Wildman–Crippen MR) is 70.8 cm³/mol. The Hall–Kier alpha value is -2.23. The van der Waals surface area contributed by atoms with Gasteiger partial charge in [-0.05, 0) is 18.6 Å². The highest BCUT2D eigenvalue weighted by Crippen LogP contribution is 2.28. The van der Waals surface area contributed by atoms with E-state index >= 15 is 0 Å². The van der Waals surface area contributed by atoms with Crippen LogP contribution in [0.4, 0.5) is 5.69 Å². The number of amides is 1. The van der Waals surface area contributed by atoms with E-state index in [1.54, 1.807) is 12.3 Å². The lowest BCUT2D eigenvalue weighted by Gasteiger charge is -2.11. The number of rotatable bonds is 2. The number of Topliss-reactive ketones (excluding diaryl/α,β-unsaturated/α-hetero) is 1. The van der Waals surface area contributed by atoms with Crippen molar-refractivity contribution >= 4 is 28.2 Å². The van der Waals surface area contributed by atoms with Crippen LogP contribution in [0.15, 0.2) is 24.4 Å². The Morgan fingerprint density at radius 3 is 2.44 bits per heavy atom. The summed E-state index contributed by atoms with van der Waals surface area (Å²) in [5, 5.41) is 4.41. The first-order valence-corrected chi connectivity index (χ1v) is 5.67. The number of carbonyl (C=O) groups is 2. The third kappa shape index (κ3) is 2.09. The molecule has 0 aliphatic rings. The largest absolute Gasteiger partial charge is 0.326 e. The number of ketones is 1. The summed E-state index contributed by atoms with van der Waals surface area (Å²) in [5.41, 5.74) is 2.13. The van der Waals surface area contributed by atoms with Gasteiger partial charge in [0.1, 0.15) is 5.69 Å². The summed E-state index contributed by atoms with van der Waals surface area (Å²) in [6, 6.07) is 5.54. The highest BCUT2D eigenvalue weighted by Gasteiger charge is 2.12. The summed E-state index contributed by atoms with van der Waals surface area (Å²) < 4.78 is 0. The van der Waals surface area contributed by atoms with Crippen molar-refractivity contribution in [1.82, 2.24) is 4.98 Å². The van der Waals surface area contributed by atoms with E-state index in [1.165, 1.54) is 13.8 Å². The van der Waals surface area contributed by atoms with Crippen LogP contribution in [0.2, 0.25) is 0 Å². The normalized spacial score (nSPS) is 10.4. The summed E-state index contributed by atoms with van der Waals surface area (Å²) in [6.45, 7) is 4.86. The van der Waals surface area contributed by atoms with Crippen molar-refractivity contribution in [3.05, 3.63) is 35.7 Å². The first kappa shape index (κ1) is 12.2. The van der Waals surface area contributed by atoms with Crippen LogP contribution in [0.5, 0.6) is 0 Å². The first-order valence-electron chi connectivity index (χ1n) is 5.67. The third-order valence-electron chi connectivity index (χ3n) is 2.79. The molecule has 0 atom stereocenters. The molecule has 1 amide bonds. The summed E-state index contributed by atoms with van der Waals surface area (Å²) in [4.78, 5) is 26.9. The molecule has 0 fully saturated rings. The Morgan fingerprint density at radius 1 is 1.11 bits per heavy atom. The molecule has 1 heterocycles. The van der Waals surface area contributed by atoms with E-state index in [1.807, 2.05) is 19.1 Å².